The first-order chi connectivity index (χ1) is 7.99. The molecule has 0 amide bonds. The van der Waals surface area contributed by atoms with Crippen LogP contribution < -0.4 is 0 Å². The summed E-state index contributed by atoms with van der Waals surface area (Å²) in [4.78, 5) is 0. The van der Waals surface area contributed by atoms with Gasteiger partial charge in [0.25, 0.3) is 0 Å². The Balaban J connectivity index is 2.90. The molecule has 0 saturated carbocycles. The van der Waals surface area contributed by atoms with Crippen molar-refractivity contribution in [1.82, 2.24) is 0 Å². The lowest BCUT2D eigenvalue weighted by Crippen LogP contribution is -2.17. The summed E-state index contributed by atoms with van der Waals surface area (Å²) >= 11 is 0. The normalized spacial score (nSPS) is 13.7. The van der Waals surface area contributed by atoms with Gasteiger partial charge < -0.3 is 4.74 Å². The fourth-order valence-corrected chi connectivity index (χ4v) is 1.85. The molecule has 0 aromatic heterocycles. The van der Waals surface area contributed by atoms with Crippen molar-refractivity contribution in [2.45, 2.75) is 38.5 Å². The van der Waals surface area contributed by atoms with Crippen molar-refractivity contribution in [3.8, 4) is 0 Å². The topological polar surface area (TPSA) is 9.23 Å². The van der Waals surface area contributed by atoms with Gasteiger partial charge in [-0.1, -0.05) is 31.5 Å². The predicted molar refractivity (Wildman–Crippen MR) is 60.9 cm³/mol. The highest BCUT2D eigenvalue weighted by atomic mass is 19.4. The van der Waals surface area contributed by atoms with E-state index in [0.717, 1.165) is 18.9 Å². The Morgan fingerprint density at radius 1 is 1.24 bits per heavy atom. The highest BCUT2D eigenvalue weighted by Crippen LogP contribution is 2.32. The molecule has 0 heterocycles. The largest absolute Gasteiger partial charge is 0.416 e. The Hall–Kier alpha value is -1.03. The second-order valence-corrected chi connectivity index (χ2v) is 4.01. The molecule has 4 heteroatoms. The van der Waals surface area contributed by atoms with Crippen LogP contribution in [0.1, 0.15) is 30.9 Å². The van der Waals surface area contributed by atoms with Crippen LogP contribution in [0, 0.1) is 0 Å². The summed E-state index contributed by atoms with van der Waals surface area (Å²) < 4.78 is 43.4. The number of benzene rings is 1. The van der Waals surface area contributed by atoms with E-state index in [-0.39, 0.29) is 6.10 Å². The zero-order chi connectivity index (χ0) is 12.9. The van der Waals surface area contributed by atoms with Gasteiger partial charge in [0.05, 0.1) is 11.7 Å². The molecular formula is C13H17F3O. The Labute approximate surface area is 99.6 Å². The van der Waals surface area contributed by atoms with Crippen molar-refractivity contribution in [2.24, 2.45) is 0 Å². The van der Waals surface area contributed by atoms with Crippen LogP contribution in [0.4, 0.5) is 13.2 Å². The van der Waals surface area contributed by atoms with Gasteiger partial charge in [-0.15, -0.1) is 0 Å². The van der Waals surface area contributed by atoms with Crippen LogP contribution in [0.5, 0.6) is 0 Å². The van der Waals surface area contributed by atoms with Crippen molar-refractivity contribution in [3.05, 3.63) is 35.4 Å². The molecule has 17 heavy (non-hydrogen) atoms. The summed E-state index contributed by atoms with van der Waals surface area (Å²) in [6, 6.07) is 5.68. The summed E-state index contributed by atoms with van der Waals surface area (Å²) in [5, 5.41) is 0. The number of hydrogen-bond acceptors (Lipinski definition) is 1. The van der Waals surface area contributed by atoms with E-state index in [2.05, 4.69) is 0 Å². The van der Waals surface area contributed by atoms with E-state index in [4.69, 9.17) is 4.74 Å². The number of hydrogen-bond donors (Lipinski definition) is 0. The van der Waals surface area contributed by atoms with Crippen molar-refractivity contribution in [1.29, 1.82) is 0 Å². The Morgan fingerprint density at radius 2 is 1.88 bits per heavy atom. The van der Waals surface area contributed by atoms with E-state index in [1.165, 1.54) is 19.2 Å². The number of rotatable bonds is 5. The molecule has 1 nitrogen and oxygen atoms in total. The van der Waals surface area contributed by atoms with Gasteiger partial charge in [-0.3, -0.25) is 0 Å². The molecule has 0 saturated heterocycles. The van der Waals surface area contributed by atoms with Gasteiger partial charge in [-0.2, -0.15) is 13.2 Å². The number of methoxy groups -OCH3 is 1. The molecule has 1 unspecified atom stereocenters. The van der Waals surface area contributed by atoms with Gasteiger partial charge in [-0.05, 0) is 24.5 Å². The third kappa shape index (κ3) is 4.04. The molecule has 1 rings (SSSR count). The van der Waals surface area contributed by atoms with Gasteiger partial charge in [0.15, 0.2) is 0 Å². The summed E-state index contributed by atoms with van der Waals surface area (Å²) in [5.74, 6) is 0. The second kappa shape index (κ2) is 6.05. The maximum absolute atomic E-state index is 12.7. The minimum Gasteiger partial charge on any atom is -0.381 e. The lowest BCUT2D eigenvalue weighted by atomic mass is 9.99. The lowest BCUT2D eigenvalue weighted by molar-refractivity contribution is -0.138. The minimum atomic E-state index is -4.29. The molecule has 0 aliphatic rings. The fraction of sp³-hybridized carbons (Fsp3) is 0.538. The molecule has 96 valence electrons. The molecular weight excluding hydrogens is 229 g/mol. The SMILES string of the molecule is CCCC(Cc1ccccc1C(F)(F)F)OC. The molecule has 0 spiro atoms. The van der Waals surface area contributed by atoms with Gasteiger partial charge >= 0.3 is 6.18 Å². The predicted octanol–water partition coefficient (Wildman–Crippen LogP) is 4.06. The van der Waals surface area contributed by atoms with Crippen molar-refractivity contribution >= 4 is 0 Å². The van der Waals surface area contributed by atoms with Gasteiger partial charge in [0, 0.05) is 7.11 Å². The summed E-state index contributed by atoms with van der Waals surface area (Å²) in [7, 11) is 1.54. The highest BCUT2D eigenvalue weighted by Gasteiger charge is 2.33. The molecule has 0 aliphatic carbocycles. The van der Waals surface area contributed by atoms with Crippen LogP contribution in [0.3, 0.4) is 0 Å². The molecule has 1 aromatic carbocycles. The van der Waals surface area contributed by atoms with Gasteiger partial charge in [0.2, 0.25) is 0 Å². The number of halogens is 3. The van der Waals surface area contributed by atoms with Crippen LogP contribution in [-0.2, 0) is 17.3 Å². The molecule has 1 atom stereocenters. The Kier molecular flexibility index (Phi) is 5.00. The van der Waals surface area contributed by atoms with Crippen molar-refractivity contribution in [3.63, 3.8) is 0 Å². The first-order valence-electron chi connectivity index (χ1n) is 5.67. The molecule has 0 aliphatic heterocycles. The Morgan fingerprint density at radius 3 is 2.41 bits per heavy atom. The number of alkyl halides is 3. The smallest absolute Gasteiger partial charge is 0.381 e. The summed E-state index contributed by atoms with van der Waals surface area (Å²) in [6.07, 6.45) is -2.47. The molecule has 0 radical (unpaired) electrons. The quantitative estimate of drug-likeness (QED) is 0.761. The van der Waals surface area contributed by atoms with E-state index in [0.29, 0.717) is 12.0 Å². The van der Waals surface area contributed by atoms with Crippen molar-refractivity contribution < 1.29 is 17.9 Å². The second-order valence-electron chi connectivity index (χ2n) is 4.01. The van der Waals surface area contributed by atoms with Crippen LogP contribution in [0.2, 0.25) is 0 Å². The molecule has 0 bridgehead atoms. The van der Waals surface area contributed by atoms with Gasteiger partial charge in [-0.25, -0.2) is 0 Å². The lowest BCUT2D eigenvalue weighted by Gasteiger charge is -2.18. The third-order valence-electron chi connectivity index (χ3n) is 2.71. The number of ether oxygens (including phenoxy) is 1. The van der Waals surface area contributed by atoms with E-state index in [1.807, 2.05) is 6.92 Å². The fourth-order valence-electron chi connectivity index (χ4n) is 1.85. The van der Waals surface area contributed by atoms with Crippen LogP contribution in [0.15, 0.2) is 24.3 Å². The van der Waals surface area contributed by atoms with Gasteiger partial charge in [0.1, 0.15) is 0 Å². The average Bonchev–Trinajstić information content (AvgIpc) is 2.27. The zero-order valence-electron chi connectivity index (χ0n) is 10.1. The Bertz CT molecular complexity index is 347. The van der Waals surface area contributed by atoms with Crippen LogP contribution >= 0.6 is 0 Å². The van der Waals surface area contributed by atoms with E-state index in [1.54, 1.807) is 6.07 Å². The molecule has 0 fully saturated rings. The van der Waals surface area contributed by atoms with Crippen molar-refractivity contribution in [2.75, 3.05) is 7.11 Å². The monoisotopic (exact) mass is 246 g/mol. The zero-order valence-corrected chi connectivity index (χ0v) is 10.1. The summed E-state index contributed by atoms with van der Waals surface area (Å²) in [6.45, 7) is 1.99. The van der Waals surface area contributed by atoms with E-state index in [9.17, 15) is 13.2 Å². The van der Waals surface area contributed by atoms with Crippen LogP contribution in [-0.4, -0.2) is 13.2 Å². The standard InChI is InChI=1S/C13H17F3O/c1-3-6-11(17-2)9-10-7-4-5-8-12(10)13(14,15)16/h4-5,7-8,11H,3,6,9H2,1-2H3. The molecule has 0 N–H and O–H groups in total. The third-order valence-corrected chi connectivity index (χ3v) is 2.71. The first kappa shape index (κ1) is 14.0. The maximum Gasteiger partial charge on any atom is 0.416 e. The average molecular weight is 246 g/mol. The minimum absolute atomic E-state index is 0.150. The van der Waals surface area contributed by atoms with Crippen LogP contribution in [0.25, 0.3) is 0 Å². The molecule has 1 aromatic rings. The maximum atomic E-state index is 12.7. The highest BCUT2D eigenvalue weighted by molar-refractivity contribution is 5.30. The first-order valence-corrected chi connectivity index (χ1v) is 5.67. The van der Waals surface area contributed by atoms with E-state index >= 15 is 0 Å². The van der Waals surface area contributed by atoms with E-state index < -0.39 is 11.7 Å². The summed E-state index contributed by atoms with van der Waals surface area (Å²) in [5.41, 5.74) is -0.251.